The molecule has 1 heterocycles. The first-order valence-electron chi connectivity index (χ1n) is 6.50. The van der Waals surface area contributed by atoms with Gasteiger partial charge in [0.25, 0.3) is 0 Å². The van der Waals surface area contributed by atoms with Crippen LogP contribution in [0, 0.1) is 13.8 Å². The van der Waals surface area contributed by atoms with Gasteiger partial charge < -0.3 is 5.73 Å². The van der Waals surface area contributed by atoms with Gasteiger partial charge in [0.15, 0.2) is 0 Å². The molecule has 1 aromatic heterocycles. The molecule has 0 bridgehead atoms. The summed E-state index contributed by atoms with van der Waals surface area (Å²) in [5.74, 6) is 0. The fraction of sp³-hybridized carbons (Fsp3) is 0.400. The van der Waals surface area contributed by atoms with Crippen molar-refractivity contribution in [3.8, 4) is 5.69 Å². The van der Waals surface area contributed by atoms with Crippen molar-refractivity contribution in [1.82, 2.24) is 9.78 Å². The maximum absolute atomic E-state index is 5.64. The van der Waals surface area contributed by atoms with Crippen LogP contribution >= 0.6 is 0 Å². The Labute approximate surface area is 109 Å². The standard InChI is InChI=1S/C15H21N3/c1-4-14-13(7-8-16)10-17-18(14)15-6-5-11(2)9-12(15)3/h5-6,9-10H,4,7-8,16H2,1-3H3. The van der Waals surface area contributed by atoms with Crippen LogP contribution in [0.1, 0.15) is 29.3 Å². The molecule has 96 valence electrons. The summed E-state index contributed by atoms with van der Waals surface area (Å²) < 4.78 is 2.06. The number of rotatable bonds is 4. The number of hydrogen-bond donors (Lipinski definition) is 1. The summed E-state index contributed by atoms with van der Waals surface area (Å²) in [5, 5.41) is 4.53. The molecule has 0 atom stereocenters. The third-order valence-corrected chi connectivity index (χ3v) is 3.28. The van der Waals surface area contributed by atoms with Gasteiger partial charge in [-0.2, -0.15) is 5.10 Å². The minimum atomic E-state index is 0.672. The summed E-state index contributed by atoms with van der Waals surface area (Å²) in [5.41, 5.74) is 11.9. The first-order chi connectivity index (χ1) is 8.67. The van der Waals surface area contributed by atoms with Gasteiger partial charge >= 0.3 is 0 Å². The molecule has 0 radical (unpaired) electrons. The second-order valence-corrected chi connectivity index (χ2v) is 4.71. The van der Waals surface area contributed by atoms with Crippen molar-refractivity contribution in [2.75, 3.05) is 6.54 Å². The molecule has 0 amide bonds. The Morgan fingerprint density at radius 3 is 2.67 bits per heavy atom. The van der Waals surface area contributed by atoms with Crippen LogP contribution < -0.4 is 5.73 Å². The Hall–Kier alpha value is -1.61. The molecule has 3 heteroatoms. The molecule has 18 heavy (non-hydrogen) atoms. The van der Waals surface area contributed by atoms with Crippen molar-refractivity contribution >= 4 is 0 Å². The molecule has 0 saturated carbocycles. The Morgan fingerprint density at radius 1 is 1.28 bits per heavy atom. The maximum atomic E-state index is 5.64. The van der Waals surface area contributed by atoms with Crippen LogP contribution in [-0.2, 0) is 12.8 Å². The summed E-state index contributed by atoms with van der Waals surface area (Å²) in [4.78, 5) is 0. The highest BCUT2D eigenvalue weighted by Gasteiger charge is 2.11. The lowest BCUT2D eigenvalue weighted by Crippen LogP contribution is -2.07. The minimum absolute atomic E-state index is 0.672. The van der Waals surface area contributed by atoms with Crippen LogP contribution in [-0.4, -0.2) is 16.3 Å². The summed E-state index contributed by atoms with van der Waals surface area (Å²) in [6.07, 6.45) is 3.82. The molecule has 0 unspecified atom stereocenters. The number of aryl methyl sites for hydroxylation is 2. The van der Waals surface area contributed by atoms with Crippen LogP contribution in [0.2, 0.25) is 0 Å². The van der Waals surface area contributed by atoms with Crippen LogP contribution in [0.25, 0.3) is 5.69 Å². The van der Waals surface area contributed by atoms with E-state index in [9.17, 15) is 0 Å². The molecular weight excluding hydrogens is 222 g/mol. The molecule has 0 saturated heterocycles. The highest BCUT2D eigenvalue weighted by Crippen LogP contribution is 2.20. The van der Waals surface area contributed by atoms with E-state index in [4.69, 9.17) is 5.73 Å². The van der Waals surface area contributed by atoms with Gasteiger partial charge in [0.05, 0.1) is 11.9 Å². The number of aromatic nitrogens is 2. The highest BCUT2D eigenvalue weighted by atomic mass is 15.3. The maximum Gasteiger partial charge on any atom is 0.0678 e. The predicted octanol–water partition coefficient (Wildman–Crippen LogP) is 2.55. The average Bonchev–Trinajstić information content (AvgIpc) is 2.72. The van der Waals surface area contributed by atoms with E-state index in [1.807, 2.05) is 6.20 Å². The number of nitrogens with zero attached hydrogens (tertiary/aromatic N) is 2. The second kappa shape index (κ2) is 5.36. The number of hydrogen-bond acceptors (Lipinski definition) is 2. The molecular formula is C15H21N3. The summed E-state index contributed by atoms with van der Waals surface area (Å²) in [7, 11) is 0. The quantitative estimate of drug-likeness (QED) is 0.897. The third kappa shape index (κ3) is 2.31. The van der Waals surface area contributed by atoms with Gasteiger partial charge in [0.2, 0.25) is 0 Å². The zero-order valence-electron chi connectivity index (χ0n) is 11.4. The predicted molar refractivity (Wildman–Crippen MR) is 75.2 cm³/mol. The summed E-state index contributed by atoms with van der Waals surface area (Å²) in [6, 6.07) is 6.47. The lowest BCUT2D eigenvalue weighted by Gasteiger charge is -2.11. The van der Waals surface area contributed by atoms with Gasteiger partial charge in [0, 0.05) is 5.69 Å². The zero-order chi connectivity index (χ0) is 13.1. The largest absolute Gasteiger partial charge is 0.330 e. The van der Waals surface area contributed by atoms with Crippen molar-refractivity contribution in [3.63, 3.8) is 0 Å². The van der Waals surface area contributed by atoms with E-state index in [1.165, 1.54) is 28.1 Å². The first kappa shape index (κ1) is 12.8. The zero-order valence-corrected chi connectivity index (χ0v) is 11.4. The topological polar surface area (TPSA) is 43.8 Å². The monoisotopic (exact) mass is 243 g/mol. The molecule has 3 nitrogen and oxygen atoms in total. The molecule has 2 aromatic rings. The normalized spacial score (nSPS) is 10.9. The van der Waals surface area contributed by atoms with E-state index in [2.05, 4.69) is 48.8 Å². The van der Waals surface area contributed by atoms with Gasteiger partial charge in [-0.15, -0.1) is 0 Å². The highest BCUT2D eigenvalue weighted by molar-refractivity contribution is 5.44. The summed E-state index contributed by atoms with van der Waals surface area (Å²) >= 11 is 0. The number of benzene rings is 1. The van der Waals surface area contributed by atoms with Crippen molar-refractivity contribution in [2.45, 2.75) is 33.6 Å². The van der Waals surface area contributed by atoms with Gasteiger partial charge in [0.1, 0.15) is 0 Å². The second-order valence-electron chi connectivity index (χ2n) is 4.71. The Balaban J connectivity index is 2.50. The Kier molecular flexibility index (Phi) is 3.82. The van der Waals surface area contributed by atoms with E-state index >= 15 is 0 Å². The van der Waals surface area contributed by atoms with Crippen molar-refractivity contribution in [1.29, 1.82) is 0 Å². The number of nitrogens with two attached hydrogens (primary N) is 1. The first-order valence-corrected chi connectivity index (χ1v) is 6.50. The Bertz CT molecular complexity index is 541. The molecule has 1 aromatic carbocycles. The van der Waals surface area contributed by atoms with Crippen LogP contribution in [0.3, 0.4) is 0 Å². The van der Waals surface area contributed by atoms with Gasteiger partial charge in [-0.25, -0.2) is 4.68 Å². The molecule has 2 N–H and O–H groups in total. The smallest absolute Gasteiger partial charge is 0.0678 e. The van der Waals surface area contributed by atoms with E-state index < -0.39 is 0 Å². The van der Waals surface area contributed by atoms with E-state index in [0.29, 0.717) is 6.54 Å². The SMILES string of the molecule is CCc1c(CCN)cnn1-c1ccc(C)cc1C. The molecule has 2 rings (SSSR count). The van der Waals surface area contributed by atoms with E-state index in [1.54, 1.807) is 0 Å². The molecule has 0 spiro atoms. The Morgan fingerprint density at radius 2 is 2.06 bits per heavy atom. The lowest BCUT2D eigenvalue weighted by molar-refractivity contribution is 0.800. The van der Waals surface area contributed by atoms with Gasteiger partial charge in [-0.05, 0) is 50.4 Å². The van der Waals surface area contributed by atoms with Gasteiger partial charge in [-0.3, -0.25) is 0 Å². The van der Waals surface area contributed by atoms with Gasteiger partial charge in [-0.1, -0.05) is 24.6 Å². The molecule has 0 aliphatic heterocycles. The third-order valence-electron chi connectivity index (χ3n) is 3.28. The van der Waals surface area contributed by atoms with Crippen LogP contribution in [0.5, 0.6) is 0 Å². The fourth-order valence-electron chi connectivity index (χ4n) is 2.40. The minimum Gasteiger partial charge on any atom is -0.330 e. The average molecular weight is 243 g/mol. The van der Waals surface area contributed by atoms with E-state index in [-0.39, 0.29) is 0 Å². The van der Waals surface area contributed by atoms with E-state index in [0.717, 1.165) is 12.8 Å². The lowest BCUT2D eigenvalue weighted by atomic mass is 10.1. The summed E-state index contributed by atoms with van der Waals surface area (Å²) in [6.45, 7) is 7.08. The van der Waals surface area contributed by atoms with Crippen LogP contribution in [0.15, 0.2) is 24.4 Å². The van der Waals surface area contributed by atoms with Crippen molar-refractivity contribution in [3.05, 3.63) is 46.8 Å². The fourth-order valence-corrected chi connectivity index (χ4v) is 2.40. The molecule has 0 aliphatic rings. The van der Waals surface area contributed by atoms with Crippen LogP contribution in [0.4, 0.5) is 0 Å². The van der Waals surface area contributed by atoms with Crippen molar-refractivity contribution in [2.24, 2.45) is 5.73 Å². The molecule has 0 fully saturated rings. The molecule has 0 aliphatic carbocycles. The van der Waals surface area contributed by atoms with Crippen molar-refractivity contribution < 1.29 is 0 Å².